The van der Waals surface area contributed by atoms with Crippen molar-refractivity contribution >= 4 is 47.6 Å². The van der Waals surface area contributed by atoms with Crippen LogP contribution < -0.4 is 16.0 Å². The minimum absolute atomic E-state index is 0. The molecule has 0 heterocycles. The van der Waals surface area contributed by atoms with E-state index in [-0.39, 0.29) is 35.3 Å². The smallest absolute Gasteiger partial charge is 0.225 e. The van der Waals surface area contributed by atoms with Crippen LogP contribution in [0, 0.1) is 5.41 Å². The molecular formula is C17H29IN4OS. The lowest BCUT2D eigenvalue weighted by Gasteiger charge is -2.18. The first-order valence-corrected chi connectivity index (χ1v) is 8.82. The Morgan fingerprint density at radius 1 is 1.04 bits per heavy atom. The third kappa shape index (κ3) is 10.0. The zero-order valence-corrected chi connectivity index (χ0v) is 18.0. The number of guanidine groups is 1. The predicted octanol–water partition coefficient (Wildman–Crippen LogP) is 2.72. The van der Waals surface area contributed by atoms with Gasteiger partial charge in [-0.05, 0) is 12.1 Å². The molecule has 1 rings (SSSR count). The lowest BCUT2D eigenvalue weighted by Crippen LogP contribution is -2.43. The van der Waals surface area contributed by atoms with Gasteiger partial charge in [-0.3, -0.25) is 9.79 Å². The molecule has 7 heteroatoms. The summed E-state index contributed by atoms with van der Waals surface area (Å²) in [5.74, 6) is 1.77. The highest BCUT2D eigenvalue weighted by molar-refractivity contribution is 14.0. The third-order valence-electron chi connectivity index (χ3n) is 3.01. The Hall–Kier alpha value is -0.960. The molecule has 1 aromatic carbocycles. The SMILES string of the molecule is CN=C(NCCNC(=O)C(C)(C)C)NCCSc1ccccc1.I. The summed E-state index contributed by atoms with van der Waals surface area (Å²) in [7, 11) is 1.74. The van der Waals surface area contributed by atoms with Crippen LogP contribution in [-0.4, -0.2) is 44.3 Å². The molecule has 1 aromatic rings. The fourth-order valence-electron chi connectivity index (χ4n) is 1.70. The van der Waals surface area contributed by atoms with Crippen molar-refractivity contribution < 1.29 is 4.79 Å². The predicted molar refractivity (Wildman–Crippen MR) is 114 cm³/mol. The molecular weight excluding hydrogens is 435 g/mol. The average Bonchev–Trinajstić information content (AvgIpc) is 2.53. The number of carbonyl (C=O) groups excluding carboxylic acids is 1. The average molecular weight is 464 g/mol. The second kappa shape index (κ2) is 12.4. The first-order valence-electron chi connectivity index (χ1n) is 7.84. The number of hydrogen-bond acceptors (Lipinski definition) is 3. The van der Waals surface area contributed by atoms with Gasteiger partial charge in [0.25, 0.3) is 0 Å². The van der Waals surface area contributed by atoms with Crippen molar-refractivity contribution in [1.29, 1.82) is 0 Å². The molecule has 136 valence electrons. The minimum Gasteiger partial charge on any atom is -0.356 e. The molecule has 0 saturated carbocycles. The van der Waals surface area contributed by atoms with E-state index in [1.54, 1.807) is 18.8 Å². The van der Waals surface area contributed by atoms with Gasteiger partial charge in [-0.2, -0.15) is 0 Å². The molecule has 0 bridgehead atoms. The monoisotopic (exact) mass is 464 g/mol. The van der Waals surface area contributed by atoms with Gasteiger partial charge in [0.05, 0.1) is 0 Å². The number of benzene rings is 1. The van der Waals surface area contributed by atoms with Gasteiger partial charge < -0.3 is 16.0 Å². The zero-order valence-electron chi connectivity index (χ0n) is 14.9. The van der Waals surface area contributed by atoms with Crippen molar-refractivity contribution in [2.75, 3.05) is 32.4 Å². The maximum Gasteiger partial charge on any atom is 0.225 e. The standard InChI is InChI=1S/C17H28N4OS.HI/c1-17(2,3)15(22)19-10-11-20-16(18-4)21-12-13-23-14-8-6-5-7-9-14;/h5-9H,10-13H2,1-4H3,(H,19,22)(H2,18,20,21);1H. The zero-order chi connectivity index (χ0) is 17.1. The van der Waals surface area contributed by atoms with Crippen molar-refractivity contribution in [2.24, 2.45) is 10.4 Å². The van der Waals surface area contributed by atoms with Crippen molar-refractivity contribution in [3.8, 4) is 0 Å². The molecule has 0 saturated heterocycles. The molecule has 0 aliphatic heterocycles. The summed E-state index contributed by atoms with van der Waals surface area (Å²) in [4.78, 5) is 17.2. The summed E-state index contributed by atoms with van der Waals surface area (Å²) < 4.78 is 0. The highest BCUT2D eigenvalue weighted by Gasteiger charge is 2.20. The Labute approximate surface area is 166 Å². The van der Waals surface area contributed by atoms with Crippen LogP contribution >= 0.6 is 35.7 Å². The van der Waals surface area contributed by atoms with E-state index in [1.807, 2.05) is 39.0 Å². The molecule has 0 radical (unpaired) electrons. The summed E-state index contributed by atoms with van der Waals surface area (Å²) in [5, 5.41) is 9.36. The molecule has 0 aromatic heterocycles. The quantitative estimate of drug-likeness (QED) is 0.191. The topological polar surface area (TPSA) is 65.5 Å². The van der Waals surface area contributed by atoms with Gasteiger partial charge in [0, 0.05) is 42.7 Å². The van der Waals surface area contributed by atoms with Crippen LogP contribution in [0.5, 0.6) is 0 Å². The van der Waals surface area contributed by atoms with Crippen molar-refractivity contribution in [3.63, 3.8) is 0 Å². The highest BCUT2D eigenvalue weighted by atomic mass is 127. The van der Waals surface area contributed by atoms with Crippen molar-refractivity contribution in [1.82, 2.24) is 16.0 Å². The Morgan fingerprint density at radius 2 is 1.62 bits per heavy atom. The van der Waals surface area contributed by atoms with Gasteiger partial charge in [-0.25, -0.2) is 0 Å². The molecule has 5 nitrogen and oxygen atoms in total. The third-order valence-corrected chi connectivity index (χ3v) is 4.03. The van der Waals surface area contributed by atoms with E-state index >= 15 is 0 Å². The summed E-state index contributed by atoms with van der Waals surface area (Å²) in [5.41, 5.74) is -0.353. The number of amides is 1. The fraction of sp³-hybridized carbons (Fsp3) is 0.529. The van der Waals surface area contributed by atoms with E-state index < -0.39 is 0 Å². The normalized spacial score (nSPS) is 11.4. The maximum atomic E-state index is 11.7. The number of carbonyl (C=O) groups is 1. The number of rotatable bonds is 7. The van der Waals surface area contributed by atoms with Crippen molar-refractivity contribution in [3.05, 3.63) is 30.3 Å². The molecule has 0 spiro atoms. The summed E-state index contributed by atoms with van der Waals surface area (Å²) >= 11 is 1.81. The van der Waals surface area contributed by atoms with Crippen LogP contribution in [0.25, 0.3) is 0 Å². The van der Waals surface area contributed by atoms with E-state index in [0.717, 1.165) is 18.3 Å². The number of thioether (sulfide) groups is 1. The van der Waals surface area contributed by atoms with E-state index in [9.17, 15) is 4.79 Å². The van der Waals surface area contributed by atoms with Crippen LogP contribution in [-0.2, 0) is 4.79 Å². The van der Waals surface area contributed by atoms with E-state index in [0.29, 0.717) is 13.1 Å². The summed E-state index contributed by atoms with van der Waals surface area (Å²) in [6, 6.07) is 10.3. The second-order valence-corrected chi connectivity index (χ2v) is 7.26. The Kier molecular flexibility index (Phi) is 11.9. The Morgan fingerprint density at radius 3 is 2.21 bits per heavy atom. The number of nitrogens with one attached hydrogen (secondary N) is 3. The Bertz CT molecular complexity index is 503. The van der Waals surface area contributed by atoms with Crippen LogP contribution in [0.4, 0.5) is 0 Å². The van der Waals surface area contributed by atoms with Gasteiger partial charge in [-0.15, -0.1) is 35.7 Å². The first kappa shape index (κ1) is 23.0. The van der Waals surface area contributed by atoms with Crippen LogP contribution in [0.2, 0.25) is 0 Å². The summed E-state index contributed by atoms with van der Waals surface area (Å²) in [6.07, 6.45) is 0. The van der Waals surface area contributed by atoms with Gasteiger partial charge in [0.1, 0.15) is 0 Å². The fourth-order valence-corrected chi connectivity index (χ4v) is 2.49. The second-order valence-electron chi connectivity index (χ2n) is 6.09. The van der Waals surface area contributed by atoms with Crippen LogP contribution in [0.15, 0.2) is 40.2 Å². The lowest BCUT2D eigenvalue weighted by atomic mass is 9.96. The molecule has 0 unspecified atom stereocenters. The maximum absolute atomic E-state index is 11.7. The minimum atomic E-state index is -0.353. The first-order chi connectivity index (χ1) is 10.9. The lowest BCUT2D eigenvalue weighted by molar-refractivity contribution is -0.128. The molecule has 24 heavy (non-hydrogen) atoms. The molecule has 0 fully saturated rings. The number of aliphatic imine (C=N–C) groups is 1. The number of nitrogens with zero attached hydrogens (tertiary/aromatic N) is 1. The van der Waals surface area contributed by atoms with E-state index in [1.165, 1.54) is 4.90 Å². The van der Waals surface area contributed by atoms with Gasteiger partial charge >= 0.3 is 0 Å². The molecule has 0 aliphatic carbocycles. The van der Waals surface area contributed by atoms with Gasteiger partial charge in [0.15, 0.2) is 5.96 Å². The van der Waals surface area contributed by atoms with Crippen LogP contribution in [0.1, 0.15) is 20.8 Å². The summed E-state index contributed by atoms with van der Waals surface area (Å²) in [6.45, 7) is 7.76. The number of hydrogen-bond donors (Lipinski definition) is 3. The van der Waals surface area contributed by atoms with Gasteiger partial charge in [-0.1, -0.05) is 39.0 Å². The molecule has 3 N–H and O–H groups in total. The largest absolute Gasteiger partial charge is 0.356 e. The van der Waals surface area contributed by atoms with E-state index in [4.69, 9.17) is 0 Å². The highest BCUT2D eigenvalue weighted by Crippen LogP contribution is 2.15. The molecule has 0 atom stereocenters. The van der Waals surface area contributed by atoms with Crippen LogP contribution in [0.3, 0.4) is 0 Å². The van der Waals surface area contributed by atoms with Gasteiger partial charge in [0.2, 0.25) is 5.91 Å². The molecule has 0 aliphatic rings. The van der Waals surface area contributed by atoms with Crippen molar-refractivity contribution in [2.45, 2.75) is 25.7 Å². The Balaban J connectivity index is 0.00000529. The molecule has 1 amide bonds. The van der Waals surface area contributed by atoms with E-state index in [2.05, 4.69) is 33.1 Å². The number of halogens is 1.